The zero-order valence-corrected chi connectivity index (χ0v) is 13.7. The summed E-state index contributed by atoms with van der Waals surface area (Å²) in [5.41, 5.74) is 0.667. The second kappa shape index (κ2) is 6.06. The Morgan fingerprint density at radius 3 is 2.56 bits per heavy atom. The number of hydrogen-bond donors (Lipinski definition) is 1. The first kappa shape index (κ1) is 15.4. The van der Waals surface area contributed by atoms with Crippen LogP contribution in [0.15, 0.2) is 30.6 Å². The quantitative estimate of drug-likeness (QED) is 0.651. The van der Waals surface area contributed by atoms with Gasteiger partial charge in [-0.1, -0.05) is 23.5 Å². The summed E-state index contributed by atoms with van der Waals surface area (Å²) in [6.07, 6.45) is 2.04. The third kappa shape index (κ3) is 2.76. The second-order valence-electron chi connectivity index (χ2n) is 5.40. The number of fused-ring (bicyclic) bond motifs is 2. The highest BCUT2D eigenvalue weighted by molar-refractivity contribution is 7.16. The molecule has 25 heavy (non-hydrogen) atoms. The molecule has 0 spiro atoms. The van der Waals surface area contributed by atoms with Crippen molar-refractivity contribution in [2.24, 2.45) is 0 Å². The smallest absolute Gasteiger partial charge is 0.262 e. The highest BCUT2D eigenvalue weighted by Crippen LogP contribution is 2.21. The summed E-state index contributed by atoms with van der Waals surface area (Å²) < 4.78 is 1.57. The van der Waals surface area contributed by atoms with Crippen molar-refractivity contribution in [1.29, 1.82) is 0 Å². The molecule has 9 nitrogen and oxygen atoms in total. The van der Waals surface area contributed by atoms with E-state index in [0.717, 1.165) is 9.91 Å². The third-order valence-electron chi connectivity index (χ3n) is 3.77. The van der Waals surface area contributed by atoms with Crippen LogP contribution in [0.2, 0.25) is 0 Å². The van der Waals surface area contributed by atoms with Gasteiger partial charge in [-0.25, -0.2) is 0 Å². The van der Waals surface area contributed by atoms with E-state index in [0.29, 0.717) is 29.1 Å². The zero-order valence-electron chi connectivity index (χ0n) is 12.9. The van der Waals surface area contributed by atoms with E-state index in [9.17, 15) is 14.4 Å². The summed E-state index contributed by atoms with van der Waals surface area (Å²) in [5, 5.41) is 15.4. The average molecular weight is 356 g/mol. The van der Waals surface area contributed by atoms with Crippen LogP contribution in [0.1, 0.15) is 25.7 Å². The first-order valence-electron chi connectivity index (χ1n) is 7.51. The predicted molar refractivity (Wildman–Crippen MR) is 87.2 cm³/mol. The molecule has 0 radical (unpaired) electrons. The summed E-state index contributed by atoms with van der Waals surface area (Å²) in [6.45, 7) is 0.0591. The number of aromatic nitrogens is 4. The second-order valence-corrected chi connectivity index (χ2v) is 6.44. The van der Waals surface area contributed by atoms with Gasteiger partial charge in [-0.3, -0.25) is 19.3 Å². The van der Waals surface area contributed by atoms with E-state index in [1.54, 1.807) is 28.8 Å². The maximum Gasteiger partial charge on any atom is 0.262 e. The van der Waals surface area contributed by atoms with Crippen molar-refractivity contribution in [3.05, 3.63) is 46.7 Å². The number of amides is 3. The molecule has 0 atom stereocenters. The molecule has 4 rings (SSSR count). The van der Waals surface area contributed by atoms with Crippen molar-refractivity contribution in [3.8, 4) is 0 Å². The Morgan fingerprint density at radius 1 is 1.16 bits per heavy atom. The Labute approximate surface area is 145 Å². The maximum atomic E-state index is 12.2. The van der Waals surface area contributed by atoms with Crippen LogP contribution in [0.4, 0.5) is 0 Å². The first-order chi connectivity index (χ1) is 12.1. The molecular weight excluding hydrogens is 344 g/mol. The number of benzene rings is 1. The number of imide groups is 1. The lowest BCUT2D eigenvalue weighted by atomic mass is 10.1. The molecule has 3 aromatic rings. The molecule has 0 saturated heterocycles. The van der Waals surface area contributed by atoms with Crippen molar-refractivity contribution < 1.29 is 14.4 Å². The number of nitrogens with one attached hydrogen (secondary N) is 1. The van der Waals surface area contributed by atoms with E-state index in [1.807, 2.05) is 0 Å². The number of hydrogen-bond acceptors (Lipinski definition) is 7. The van der Waals surface area contributed by atoms with E-state index in [2.05, 4.69) is 20.6 Å². The molecule has 2 aromatic heterocycles. The van der Waals surface area contributed by atoms with Crippen LogP contribution in [0.25, 0.3) is 4.96 Å². The predicted octanol–water partition coefficient (Wildman–Crippen LogP) is 0.141. The Bertz CT molecular complexity index is 930. The van der Waals surface area contributed by atoms with Gasteiger partial charge in [0, 0.05) is 13.0 Å². The van der Waals surface area contributed by atoms with Gasteiger partial charge in [0.2, 0.25) is 10.9 Å². The minimum atomic E-state index is -0.440. The summed E-state index contributed by atoms with van der Waals surface area (Å²) in [6, 6.07) is 6.55. The van der Waals surface area contributed by atoms with Crippen molar-refractivity contribution >= 4 is 34.0 Å². The maximum absolute atomic E-state index is 12.2. The minimum absolute atomic E-state index is 0.294. The molecule has 0 bridgehead atoms. The van der Waals surface area contributed by atoms with Gasteiger partial charge in [0.15, 0.2) is 0 Å². The van der Waals surface area contributed by atoms with Crippen LogP contribution in [0.3, 0.4) is 0 Å². The van der Waals surface area contributed by atoms with Crippen LogP contribution in [0, 0.1) is 0 Å². The van der Waals surface area contributed by atoms with Crippen molar-refractivity contribution in [1.82, 2.24) is 30.0 Å². The molecule has 3 amide bonds. The zero-order chi connectivity index (χ0) is 17.4. The van der Waals surface area contributed by atoms with Crippen LogP contribution in [-0.4, -0.2) is 55.5 Å². The van der Waals surface area contributed by atoms with Crippen LogP contribution < -0.4 is 5.32 Å². The SMILES string of the molecule is O=C(CN1C(=O)c2ccccc2C1=O)NCCc1nn2cnnc2s1. The van der Waals surface area contributed by atoms with Gasteiger partial charge in [-0.2, -0.15) is 9.61 Å². The molecule has 1 aliphatic rings. The molecule has 1 aromatic carbocycles. The number of carbonyl (C=O) groups is 3. The van der Waals surface area contributed by atoms with Gasteiger partial charge >= 0.3 is 0 Å². The molecule has 0 saturated carbocycles. The summed E-state index contributed by atoms with van der Waals surface area (Å²) in [4.78, 5) is 38.1. The van der Waals surface area contributed by atoms with Gasteiger partial charge in [0.05, 0.1) is 11.1 Å². The van der Waals surface area contributed by atoms with Gasteiger partial charge in [0.1, 0.15) is 17.9 Å². The summed E-state index contributed by atoms with van der Waals surface area (Å²) >= 11 is 1.39. The van der Waals surface area contributed by atoms with Crippen molar-refractivity contribution in [3.63, 3.8) is 0 Å². The lowest BCUT2D eigenvalue weighted by Crippen LogP contribution is -2.40. The van der Waals surface area contributed by atoms with E-state index < -0.39 is 17.7 Å². The van der Waals surface area contributed by atoms with Gasteiger partial charge < -0.3 is 5.32 Å². The molecule has 126 valence electrons. The molecule has 0 fully saturated rings. The van der Waals surface area contributed by atoms with Gasteiger partial charge in [-0.05, 0) is 12.1 Å². The topological polar surface area (TPSA) is 110 Å². The first-order valence-corrected chi connectivity index (χ1v) is 8.33. The molecule has 0 unspecified atom stereocenters. The van der Waals surface area contributed by atoms with E-state index in [4.69, 9.17) is 0 Å². The highest BCUT2D eigenvalue weighted by atomic mass is 32.1. The normalized spacial score (nSPS) is 13.5. The molecule has 10 heteroatoms. The average Bonchev–Trinajstić information content (AvgIpc) is 3.25. The Hall–Kier alpha value is -3.14. The molecule has 1 aliphatic heterocycles. The van der Waals surface area contributed by atoms with Crippen molar-refractivity contribution in [2.45, 2.75) is 6.42 Å². The Balaban J connectivity index is 1.33. The number of nitrogens with zero attached hydrogens (tertiary/aromatic N) is 5. The van der Waals surface area contributed by atoms with Crippen LogP contribution >= 0.6 is 11.3 Å². The molecule has 3 heterocycles. The fourth-order valence-corrected chi connectivity index (χ4v) is 3.41. The van der Waals surface area contributed by atoms with E-state index in [1.165, 1.54) is 17.7 Å². The summed E-state index contributed by atoms with van der Waals surface area (Å²) in [5.74, 6) is -1.27. The monoisotopic (exact) mass is 356 g/mol. The van der Waals surface area contributed by atoms with E-state index >= 15 is 0 Å². The summed E-state index contributed by atoms with van der Waals surface area (Å²) in [7, 11) is 0. The standard InChI is InChI=1S/C15H12N6O3S/c22-11(16-6-5-12-19-21-8-17-18-15(21)25-12)7-20-13(23)9-3-1-2-4-10(9)14(20)24/h1-4,8H,5-7H2,(H,16,22). The van der Waals surface area contributed by atoms with Crippen LogP contribution in [-0.2, 0) is 11.2 Å². The molecule has 0 aliphatic carbocycles. The van der Waals surface area contributed by atoms with Gasteiger partial charge in [0.25, 0.3) is 11.8 Å². The molecule has 1 N–H and O–H groups in total. The Kier molecular flexibility index (Phi) is 3.73. The van der Waals surface area contributed by atoms with E-state index in [-0.39, 0.29) is 6.54 Å². The number of carbonyl (C=O) groups excluding carboxylic acids is 3. The molecular formula is C15H12N6O3S. The fraction of sp³-hybridized carbons (Fsp3) is 0.200. The highest BCUT2D eigenvalue weighted by Gasteiger charge is 2.36. The lowest BCUT2D eigenvalue weighted by molar-refractivity contribution is -0.121. The largest absolute Gasteiger partial charge is 0.354 e. The third-order valence-corrected chi connectivity index (χ3v) is 4.74. The fourth-order valence-electron chi connectivity index (χ4n) is 2.59. The van der Waals surface area contributed by atoms with Crippen LogP contribution in [0.5, 0.6) is 0 Å². The minimum Gasteiger partial charge on any atom is -0.354 e. The van der Waals surface area contributed by atoms with Gasteiger partial charge in [-0.15, -0.1) is 10.2 Å². The number of rotatable bonds is 5. The lowest BCUT2D eigenvalue weighted by Gasteiger charge is -2.13. The Morgan fingerprint density at radius 2 is 1.88 bits per heavy atom. The van der Waals surface area contributed by atoms with Crippen molar-refractivity contribution in [2.75, 3.05) is 13.1 Å².